The summed E-state index contributed by atoms with van der Waals surface area (Å²) in [6.45, 7) is 0.552. The van der Waals surface area contributed by atoms with Crippen LogP contribution in [0.25, 0.3) is 0 Å². The number of nitrogens with one attached hydrogen (secondary N) is 1. The van der Waals surface area contributed by atoms with Crippen LogP contribution in [-0.4, -0.2) is 18.5 Å². The van der Waals surface area contributed by atoms with Gasteiger partial charge >= 0.3 is 0 Å². The number of nitrogens with two attached hydrogens (primary N) is 1. The minimum absolute atomic E-state index is 0. The lowest BCUT2D eigenvalue weighted by molar-refractivity contribution is 0.412. The summed E-state index contributed by atoms with van der Waals surface area (Å²) in [6, 6.07) is 4.89. The van der Waals surface area contributed by atoms with E-state index in [2.05, 4.69) is 10.3 Å². The molecule has 1 aliphatic rings. The van der Waals surface area contributed by atoms with Gasteiger partial charge in [-0.3, -0.25) is 4.99 Å². The highest BCUT2D eigenvalue weighted by molar-refractivity contribution is 14.0. The van der Waals surface area contributed by atoms with E-state index in [1.165, 1.54) is 44.2 Å². The van der Waals surface area contributed by atoms with Crippen LogP contribution in [0.1, 0.15) is 37.7 Å². The van der Waals surface area contributed by atoms with Crippen molar-refractivity contribution < 1.29 is 4.39 Å². The first-order valence-electron chi connectivity index (χ1n) is 7.15. The minimum atomic E-state index is -0.319. The third-order valence-corrected chi connectivity index (χ3v) is 3.99. The van der Waals surface area contributed by atoms with Crippen LogP contribution in [0.15, 0.2) is 23.2 Å². The van der Waals surface area contributed by atoms with Crippen LogP contribution >= 0.6 is 35.6 Å². The Morgan fingerprint density at radius 1 is 1.33 bits per heavy atom. The summed E-state index contributed by atoms with van der Waals surface area (Å²) in [5.74, 6) is 0.177. The van der Waals surface area contributed by atoms with Gasteiger partial charge in [-0.25, -0.2) is 4.39 Å². The van der Waals surface area contributed by atoms with E-state index in [1.54, 1.807) is 6.07 Å². The number of halogens is 3. The smallest absolute Gasteiger partial charge is 0.188 e. The molecule has 6 heteroatoms. The van der Waals surface area contributed by atoms with Crippen molar-refractivity contribution in [2.45, 2.75) is 44.6 Å². The van der Waals surface area contributed by atoms with E-state index >= 15 is 0 Å². The fourth-order valence-electron chi connectivity index (χ4n) is 2.52. The Labute approximate surface area is 147 Å². The summed E-state index contributed by atoms with van der Waals surface area (Å²) < 4.78 is 12.9. The van der Waals surface area contributed by atoms with E-state index in [1.807, 2.05) is 0 Å². The van der Waals surface area contributed by atoms with E-state index < -0.39 is 0 Å². The molecule has 118 valence electrons. The van der Waals surface area contributed by atoms with E-state index in [0.717, 1.165) is 5.56 Å². The van der Waals surface area contributed by atoms with E-state index in [-0.39, 0.29) is 29.8 Å². The van der Waals surface area contributed by atoms with Crippen molar-refractivity contribution in [3.63, 3.8) is 0 Å². The standard InChI is InChI=1S/C15H21ClFN3.HI/c16-14-10-12(17)7-6-11(14)8-9-19-15(18)20-13-4-2-1-3-5-13;/h6-7,10,13H,1-5,8-9H2,(H3,18,19,20);1H. The molecule has 0 aromatic heterocycles. The van der Waals surface area contributed by atoms with E-state index in [9.17, 15) is 4.39 Å². The van der Waals surface area contributed by atoms with Gasteiger partial charge in [-0.15, -0.1) is 24.0 Å². The molecule has 0 radical (unpaired) electrons. The highest BCUT2D eigenvalue weighted by Crippen LogP contribution is 2.18. The lowest BCUT2D eigenvalue weighted by Crippen LogP contribution is -2.41. The summed E-state index contributed by atoms with van der Waals surface area (Å²) in [5, 5.41) is 3.71. The number of aliphatic imine (C=N–C) groups is 1. The Hall–Kier alpha value is -0.560. The van der Waals surface area contributed by atoms with Crippen molar-refractivity contribution in [3.05, 3.63) is 34.6 Å². The molecule has 1 aromatic rings. The Morgan fingerprint density at radius 2 is 2.05 bits per heavy atom. The van der Waals surface area contributed by atoms with Crippen molar-refractivity contribution in [2.75, 3.05) is 6.54 Å². The number of rotatable bonds is 4. The quantitative estimate of drug-likeness (QED) is 0.437. The van der Waals surface area contributed by atoms with Gasteiger partial charge in [0.05, 0.1) is 0 Å². The molecular formula is C15H22ClFIN3. The third-order valence-electron chi connectivity index (χ3n) is 3.64. The lowest BCUT2D eigenvalue weighted by Gasteiger charge is -2.23. The van der Waals surface area contributed by atoms with Gasteiger partial charge in [0.25, 0.3) is 0 Å². The normalized spacial score (nSPS) is 16.4. The van der Waals surface area contributed by atoms with Crippen molar-refractivity contribution in [2.24, 2.45) is 10.7 Å². The second-order valence-electron chi connectivity index (χ2n) is 5.23. The molecule has 0 amide bonds. The van der Waals surface area contributed by atoms with Crippen LogP contribution < -0.4 is 11.1 Å². The molecule has 1 aliphatic carbocycles. The first-order chi connectivity index (χ1) is 9.65. The maximum absolute atomic E-state index is 12.9. The molecule has 1 saturated carbocycles. The molecule has 2 rings (SSSR count). The van der Waals surface area contributed by atoms with Crippen LogP contribution in [0, 0.1) is 5.82 Å². The largest absolute Gasteiger partial charge is 0.370 e. The predicted molar refractivity (Wildman–Crippen MR) is 97.0 cm³/mol. The fourth-order valence-corrected chi connectivity index (χ4v) is 2.78. The third kappa shape index (κ3) is 6.38. The summed E-state index contributed by atoms with van der Waals surface area (Å²) in [4.78, 5) is 4.31. The molecule has 3 nitrogen and oxygen atoms in total. The monoisotopic (exact) mass is 425 g/mol. The van der Waals surface area contributed by atoms with Crippen molar-refractivity contribution in [1.29, 1.82) is 0 Å². The van der Waals surface area contributed by atoms with Gasteiger partial charge in [0.2, 0.25) is 0 Å². The van der Waals surface area contributed by atoms with Gasteiger partial charge in [0, 0.05) is 17.6 Å². The van der Waals surface area contributed by atoms with Gasteiger partial charge in [0.15, 0.2) is 5.96 Å². The second-order valence-corrected chi connectivity index (χ2v) is 5.64. The van der Waals surface area contributed by atoms with Crippen molar-refractivity contribution in [1.82, 2.24) is 5.32 Å². The summed E-state index contributed by atoms with van der Waals surface area (Å²) in [6.07, 6.45) is 6.83. The molecular weight excluding hydrogens is 404 g/mol. The summed E-state index contributed by atoms with van der Waals surface area (Å²) in [5.41, 5.74) is 6.77. The predicted octanol–water partition coefficient (Wildman–Crippen LogP) is 3.88. The highest BCUT2D eigenvalue weighted by atomic mass is 127. The van der Waals surface area contributed by atoms with Gasteiger partial charge in [-0.05, 0) is 37.0 Å². The Balaban J connectivity index is 0.00000220. The van der Waals surface area contributed by atoms with E-state index in [0.29, 0.717) is 30.0 Å². The van der Waals surface area contributed by atoms with Crippen molar-refractivity contribution >= 4 is 41.5 Å². The van der Waals surface area contributed by atoms with Crippen LogP contribution in [0.2, 0.25) is 5.02 Å². The first-order valence-corrected chi connectivity index (χ1v) is 7.53. The molecule has 0 aliphatic heterocycles. The number of nitrogens with zero attached hydrogens (tertiary/aromatic N) is 1. The molecule has 0 heterocycles. The highest BCUT2D eigenvalue weighted by Gasteiger charge is 2.13. The van der Waals surface area contributed by atoms with Gasteiger partial charge in [0.1, 0.15) is 5.82 Å². The number of guanidine groups is 1. The van der Waals surface area contributed by atoms with Crippen LogP contribution in [0.3, 0.4) is 0 Å². The van der Waals surface area contributed by atoms with Crippen molar-refractivity contribution in [3.8, 4) is 0 Å². The summed E-state index contributed by atoms with van der Waals surface area (Å²) in [7, 11) is 0. The average molecular weight is 426 g/mol. The average Bonchev–Trinajstić information content (AvgIpc) is 2.42. The van der Waals surface area contributed by atoms with Gasteiger partial charge < -0.3 is 11.1 Å². The topological polar surface area (TPSA) is 50.4 Å². The molecule has 1 fully saturated rings. The molecule has 3 N–H and O–H groups in total. The lowest BCUT2D eigenvalue weighted by atomic mass is 9.96. The molecule has 0 unspecified atom stereocenters. The maximum Gasteiger partial charge on any atom is 0.188 e. The van der Waals surface area contributed by atoms with Crippen LogP contribution in [-0.2, 0) is 6.42 Å². The SMILES string of the molecule is I.NC(=NCCc1ccc(F)cc1Cl)NC1CCCCC1. The second kappa shape index (κ2) is 9.46. The molecule has 1 aromatic carbocycles. The zero-order chi connectivity index (χ0) is 14.4. The zero-order valence-corrected chi connectivity index (χ0v) is 15.0. The van der Waals surface area contributed by atoms with E-state index in [4.69, 9.17) is 17.3 Å². The molecule has 21 heavy (non-hydrogen) atoms. The van der Waals surface area contributed by atoms with Crippen LogP contribution in [0.4, 0.5) is 4.39 Å². The van der Waals surface area contributed by atoms with Crippen LogP contribution in [0.5, 0.6) is 0 Å². The maximum atomic E-state index is 12.9. The molecule has 0 atom stereocenters. The summed E-state index contributed by atoms with van der Waals surface area (Å²) >= 11 is 5.97. The minimum Gasteiger partial charge on any atom is -0.370 e. The first kappa shape index (κ1) is 18.5. The number of benzene rings is 1. The Bertz CT molecular complexity index is 476. The zero-order valence-electron chi connectivity index (χ0n) is 11.9. The van der Waals surface area contributed by atoms with Gasteiger partial charge in [-0.1, -0.05) is 36.9 Å². The fraction of sp³-hybridized carbons (Fsp3) is 0.533. The Kier molecular flexibility index (Phi) is 8.33. The molecule has 0 bridgehead atoms. The molecule has 0 saturated heterocycles. The number of hydrogen-bond acceptors (Lipinski definition) is 1. The Morgan fingerprint density at radius 3 is 2.71 bits per heavy atom. The number of hydrogen-bond donors (Lipinski definition) is 2. The molecule has 0 spiro atoms. The van der Waals surface area contributed by atoms with Gasteiger partial charge in [-0.2, -0.15) is 0 Å².